The zero-order valence-corrected chi connectivity index (χ0v) is 18.2. The number of allylic oxidation sites excluding steroid dienone is 1. The molecule has 2 atom stereocenters. The van der Waals surface area contributed by atoms with Crippen LogP contribution in [0.4, 0.5) is 8.78 Å². The zero-order chi connectivity index (χ0) is 22.1. The van der Waals surface area contributed by atoms with E-state index in [0.717, 1.165) is 38.5 Å². The number of benzene rings is 2. The predicted octanol–water partition coefficient (Wildman–Crippen LogP) is 6.81. The third-order valence-corrected chi connectivity index (χ3v) is 5.60. The van der Waals surface area contributed by atoms with E-state index in [1.165, 1.54) is 23.3 Å². The minimum atomic E-state index is -1.000. The van der Waals surface area contributed by atoms with Crippen LogP contribution in [-0.4, -0.2) is 19.8 Å². The van der Waals surface area contributed by atoms with Crippen molar-refractivity contribution in [1.82, 2.24) is 0 Å². The lowest BCUT2D eigenvalue weighted by atomic mass is 9.94. The highest BCUT2D eigenvalue weighted by Crippen LogP contribution is 2.32. The summed E-state index contributed by atoms with van der Waals surface area (Å²) >= 11 is 0. The van der Waals surface area contributed by atoms with E-state index in [9.17, 15) is 8.78 Å². The molecule has 0 aliphatic carbocycles. The number of rotatable bonds is 11. The van der Waals surface area contributed by atoms with Gasteiger partial charge in [0, 0.05) is 5.92 Å². The second-order valence-electron chi connectivity index (χ2n) is 8.04. The lowest BCUT2D eigenvalue weighted by molar-refractivity contribution is -0.0289. The van der Waals surface area contributed by atoms with E-state index >= 15 is 0 Å². The molecule has 2 aromatic rings. The summed E-state index contributed by atoms with van der Waals surface area (Å²) in [5, 5.41) is 0. The monoisotopic (exact) mass is 430 g/mol. The van der Waals surface area contributed by atoms with Crippen molar-refractivity contribution in [3.05, 3.63) is 71.8 Å². The second kappa shape index (κ2) is 11.8. The van der Waals surface area contributed by atoms with Crippen molar-refractivity contribution in [3.63, 3.8) is 0 Å². The highest BCUT2D eigenvalue weighted by Gasteiger charge is 2.24. The Morgan fingerprint density at radius 1 is 1.03 bits per heavy atom. The van der Waals surface area contributed by atoms with Crippen LogP contribution in [0.5, 0.6) is 11.5 Å². The first kappa shape index (κ1) is 23.3. The van der Waals surface area contributed by atoms with Crippen LogP contribution in [0, 0.1) is 17.6 Å². The summed E-state index contributed by atoms with van der Waals surface area (Å²) in [6.07, 6.45) is 7.47. The fourth-order valence-corrected chi connectivity index (χ4v) is 3.64. The summed E-state index contributed by atoms with van der Waals surface area (Å²) in [6, 6.07) is 11.4. The molecular formula is C26H32F2O3. The summed E-state index contributed by atoms with van der Waals surface area (Å²) in [5.41, 5.74) is 2.47. The van der Waals surface area contributed by atoms with Crippen molar-refractivity contribution < 1.29 is 23.0 Å². The van der Waals surface area contributed by atoms with Crippen molar-refractivity contribution in [3.8, 4) is 11.5 Å². The molecule has 168 valence electrons. The Balaban J connectivity index is 1.47. The van der Waals surface area contributed by atoms with E-state index in [1.807, 2.05) is 13.0 Å². The third-order valence-electron chi connectivity index (χ3n) is 5.60. The van der Waals surface area contributed by atoms with Gasteiger partial charge in [-0.15, -0.1) is 6.58 Å². The van der Waals surface area contributed by atoms with Gasteiger partial charge >= 0.3 is 0 Å². The van der Waals surface area contributed by atoms with E-state index in [1.54, 1.807) is 0 Å². The molecule has 0 radical (unpaired) electrons. The first-order valence-electron chi connectivity index (χ1n) is 11.2. The number of ether oxygens (including phenoxy) is 3. The molecular weight excluding hydrogens is 398 g/mol. The highest BCUT2D eigenvalue weighted by molar-refractivity contribution is 5.35. The number of aryl methyl sites for hydroxylation is 1. The van der Waals surface area contributed by atoms with Gasteiger partial charge in [-0.2, -0.15) is 8.78 Å². The van der Waals surface area contributed by atoms with Crippen molar-refractivity contribution >= 4 is 0 Å². The van der Waals surface area contributed by atoms with Gasteiger partial charge in [-0.1, -0.05) is 43.7 Å². The largest absolute Gasteiger partial charge is 0.490 e. The molecule has 0 bridgehead atoms. The summed E-state index contributed by atoms with van der Waals surface area (Å²) < 4.78 is 45.4. The standard InChI is InChI=1S/C26H32F2O3/c1-3-5-7-19-8-11-21(12-9-19)22-13-10-20(17-30-22)18-31-24-15-14-23(25(27)26(24)28)29-16-6-4-2/h3,8-9,11-12,14-15,20,22H,1,4-7,10,13,16-18H2,2H3. The fourth-order valence-electron chi connectivity index (χ4n) is 3.64. The van der Waals surface area contributed by atoms with Crippen LogP contribution >= 0.6 is 0 Å². The average Bonchev–Trinajstić information content (AvgIpc) is 2.81. The Labute approximate surface area is 184 Å². The molecule has 2 aromatic carbocycles. The maximum atomic E-state index is 14.3. The van der Waals surface area contributed by atoms with Crippen molar-refractivity contribution in [1.29, 1.82) is 0 Å². The van der Waals surface area contributed by atoms with E-state index in [2.05, 4.69) is 30.8 Å². The second-order valence-corrected chi connectivity index (χ2v) is 8.04. The Kier molecular flexibility index (Phi) is 8.89. The quantitative estimate of drug-likeness (QED) is 0.289. The summed E-state index contributed by atoms with van der Waals surface area (Å²) in [5.74, 6) is -2.01. The lowest BCUT2D eigenvalue weighted by Gasteiger charge is -2.29. The Morgan fingerprint density at radius 2 is 1.74 bits per heavy atom. The van der Waals surface area contributed by atoms with Crippen molar-refractivity contribution in [2.24, 2.45) is 5.92 Å². The molecule has 1 aliphatic rings. The Hall–Kier alpha value is -2.40. The molecule has 1 saturated heterocycles. The van der Waals surface area contributed by atoms with Crippen molar-refractivity contribution in [2.45, 2.75) is 51.6 Å². The maximum Gasteiger partial charge on any atom is 0.204 e. The molecule has 3 rings (SSSR count). The molecule has 31 heavy (non-hydrogen) atoms. The molecule has 1 aliphatic heterocycles. The van der Waals surface area contributed by atoms with Gasteiger partial charge in [0.05, 0.1) is 25.9 Å². The van der Waals surface area contributed by atoms with Gasteiger partial charge in [-0.05, 0) is 55.4 Å². The zero-order valence-electron chi connectivity index (χ0n) is 18.2. The van der Waals surface area contributed by atoms with Crippen LogP contribution in [0.3, 0.4) is 0 Å². The number of hydrogen-bond donors (Lipinski definition) is 0. The Bertz CT molecular complexity index is 827. The van der Waals surface area contributed by atoms with Gasteiger partial charge in [-0.25, -0.2) is 0 Å². The molecule has 0 aromatic heterocycles. The SMILES string of the molecule is C=CCCc1ccc(C2CCC(COc3ccc(OCCCC)c(F)c3F)CO2)cc1. The fraction of sp³-hybridized carbons (Fsp3) is 0.462. The first-order valence-corrected chi connectivity index (χ1v) is 11.2. The van der Waals surface area contributed by atoms with Gasteiger partial charge in [-0.3, -0.25) is 0 Å². The van der Waals surface area contributed by atoms with Crippen LogP contribution in [0.25, 0.3) is 0 Å². The molecule has 0 amide bonds. The topological polar surface area (TPSA) is 27.7 Å². The average molecular weight is 431 g/mol. The maximum absolute atomic E-state index is 14.3. The van der Waals surface area contributed by atoms with Crippen molar-refractivity contribution in [2.75, 3.05) is 19.8 Å². The molecule has 0 N–H and O–H groups in total. The van der Waals surface area contributed by atoms with Gasteiger partial charge < -0.3 is 14.2 Å². The molecule has 3 nitrogen and oxygen atoms in total. The van der Waals surface area contributed by atoms with Crippen LogP contribution in [0.15, 0.2) is 49.1 Å². The van der Waals surface area contributed by atoms with Crippen LogP contribution < -0.4 is 9.47 Å². The molecule has 5 heteroatoms. The third kappa shape index (κ3) is 6.54. The summed E-state index contributed by atoms with van der Waals surface area (Å²) in [6.45, 7) is 6.96. The first-order chi connectivity index (χ1) is 15.1. The molecule has 0 saturated carbocycles. The van der Waals surface area contributed by atoms with Crippen LogP contribution in [-0.2, 0) is 11.2 Å². The predicted molar refractivity (Wildman–Crippen MR) is 119 cm³/mol. The number of hydrogen-bond acceptors (Lipinski definition) is 3. The summed E-state index contributed by atoms with van der Waals surface area (Å²) in [7, 11) is 0. The number of unbranched alkanes of at least 4 members (excludes halogenated alkanes) is 1. The smallest absolute Gasteiger partial charge is 0.204 e. The van der Waals surface area contributed by atoms with E-state index in [0.29, 0.717) is 19.8 Å². The van der Waals surface area contributed by atoms with Crippen LogP contribution in [0.2, 0.25) is 0 Å². The molecule has 0 spiro atoms. The van der Waals surface area contributed by atoms with Gasteiger partial charge in [0.1, 0.15) is 0 Å². The molecule has 2 unspecified atom stereocenters. The minimum Gasteiger partial charge on any atom is -0.490 e. The van der Waals surface area contributed by atoms with Gasteiger partial charge in [0.15, 0.2) is 11.5 Å². The number of halogens is 2. The van der Waals surface area contributed by atoms with Gasteiger partial charge in [0.25, 0.3) is 0 Å². The normalized spacial score (nSPS) is 18.5. The lowest BCUT2D eigenvalue weighted by Crippen LogP contribution is -2.25. The van der Waals surface area contributed by atoms with Crippen LogP contribution in [0.1, 0.15) is 56.3 Å². The van der Waals surface area contributed by atoms with E-state index in [4.69, 9.17) is 14.2 Å². The highest BCUT2D eigenvalue weighted by atomic mass is 19.2. The molecule has 1 fully saturated rings. The van der Waals surface area contributed by atoms with E-state index < -0.39 is 11.6 Å². The van der Waals surface area contributed by atoms with Gasteiger partial charge in [0.2, 0.25) is 11.6 Å². The summed E-state index contributed by atoms with van der Waals surface area (Å²) in [4.78, 5) is 0. The van der Waals surface area contributed by atoms with E-state index in [-0.39, 0.29) is 23.5 Å². The molecule has 1 heterocycles. The Morgan fingerprint density at radius 3 is 2.35 bits per heavy atom. The minimum absolute atomic E-state index is 0.0680.